The average Bonchev–Trinajstić information content (AvgIpc) is 3.26. The molecule has 0 aliphatic heterocycles. The monoisotopic (exact) mass is 316 g/mol. The number of aliphatic hydroxyl groups excluding tert-OH is 1. The molecule has 0 aromatic heterocycles. The minimum atomic E-state index is 0.256. The first kappa shape index (κ1) is 15.4. The summed E-state index contributed by atoms with van der Waals surface area (Å²) in [7, 11) is 0. The van der Waals surface area contributed by atoms with E-state index in [1.54, 1.807) is 0 Å². The van der Waals surface area contributed by atoms with E-state index < -0.39 is 0 Å². The maximum atomic E-state index is 9.44. The van der Waals surface area contributed by atoms with Gasteiger partial charge < -0.3 is 5.11 Å². The van der Waals surface area contributed by atoms with Crippen LogP contribution in [0.15, 0.2) is 54.6 Å². The summed E-state index contributed by atoms with van der Waals surface area (Å²) in [6.07, 6.45) is 10.6. The van der Waals surface area contributed by atoms with E-state index in [4.69, 9.17) is 0 Å². The van der Waals surface area contributed by atoms with Crippen LogP contribution in [0.4, 0.5) is 0 Å². The zero-order valence-corrected chi connectivity index (χ0v) is 14.3. The summed E-state index contributed by atoms with van der Waals surface area (Å²) in [4.78, 5) is 0. The molecule has 0 heterocycles. The largest absolute Gasteiger partial charge is 0.396 e. The summed E-state index contributed by atoms with van der Waals surface area (Å²) >= 11 is 0. The summed E-state index contributed by atoms with van der Waals surface area (Å²) in [6, 6.07) is 13.6. The highest BCUT2D eigenvalue weighted by molar-refractivity contribution is 5.85. The van der Waals surface area contributed by atoms with Crippen LogP contribution in [0.3, 0.4) is 0 Å². The number of aliphatic hydroxyl groups is 1. The van der Waals surface area contributed by atoms with Crippen LogP contribution in [0.2, 0.25) is 0 Å². The van der Waals surface area contributed by atoms with Crippen molar-refractivity contribution in [2.24, 2.45) is 0 Å². The van der Waals surface area contributed by atoms with E-state index in [1.165, 1.54) is 39.0 Å². The van der Waals surface area contributed by atoms with Gasteiger partial charge >= 0.3 is 0 Å². The van der Waals surface area contributed by atoms with E-state index in [-0.39, 0.29) is 6.61 Å². The molecule has 24 heavy (non-hydrogen) atoms. The zero-order valence-electron chi connectivity index (χ0n) is 14.3. The van der Waals surface area contributed by atoms with Gasteiger partial charge in [0, 0.05) is 6.61 Å². The lowest BCUT2D eigenvalue weighted by Crippen LogP contribution is -2.03. The van der Waals surface area contributed by atoms with Crippen LogP contribution in [-0.4, -0.2) is 11.7 Å². The van der Waals surface area contributed by atoms with Crippen molar-refractivity contribution < 1.29 is 5.11 Å². The van der Waals surface area contributed by atoms with Crippen molar-refractivity contribution in [1.82, 2.24) is 0 Å². The first-order chi connectivity index (χ1) is 11.8. The van der Waals surface area contributed by atoms with Gasteiger partial charge in [0.1, 0.15) is 0 Å². The molecule has 2 aliphatic rings. The number of rotatable bonds is 5. The smallest absolute Gasteiger partial charge is 0.0436 e. The van der Waals surface area contributed by atoms with Gasteiger partial charge in [-0.05, 0) is 70.6 Å². The molecule has 0 spiro atoms. The van der Waals surface area contributed by atoms with Crippen molar-refractivity contribution in [3.05, 3.63) is 76.9 Å². The van der Waals surface area contributed by atoms with Gasteiger partial charge in [0.15, 0.2) is 0 Å². The van der Waals surface area contributed by atoms with Crippen LogP contribution in [-0.2, 0) is 6.42 Å². The molecule has 2 aliphatic carbocycles. The molecule has 0 saturated carbocycles. The Kier molecular flexibility index (Phi) is 4.12. The molecule has 1 heteroatoms. The van der Waals surface area contributed by atoms with Gasteiger partial charge in [0.25, 0.3) is 0 Å². The molecule has 0 radical (unpaired) electrons. The molecular weight excluding hydrogens is 292 g/mol. The third-order valence-electron chi connectivity index (χ3n) is 5.51. The summed E-state index contributed by atoms with van der Waals surface area (Å²) in [5, 5.41) is 9.44. The molecule has 1 N–H and O–H groups in total. The Morgan fingerprint density at radius 2 is 1.92 bits per heavy atom. The van der Waals surface area contributed by atoms with E-state index in [0.29, 0.717) is 5.92 Å². The Morgan fingerprint density at radius 3 is 2.67 bits per heavy atom. The molecule has 2 aromatic carbocycles. The number of fused-ring (bicyclic) bond motifs is 3. The first-order valence-corrected chi connectivity index (χ1v) is 9.03. The lowest BCUT2D eigenvalue weighted by molar-refractivity contribution is 0.274. The molecule has 4 rings (SSSR count). The second-order valence-corrected chi connectivity index (χ2v) is 6.87. The highest BCUT2D eigenvalue weighted by atomic mass is 16.3. The van der Waals surface area contributed by atoms with Crippen molar-refractivity contribution in [3.63, 3.8) is 0 Å². The second kappa shape index (κ2) is 6.41. The molecule has 122 valence electrons. The number of benzene rings is 2. The van der Waals surface area contributed by atoms with E-state index >= 15 is 0 Å². The maximum absolute atomic E-state index is 9.44. The van der Waals surface area contributed by atoms with Crippen molar-refractivity contribution in [2.75, 3.05) is 6.61 Å². The van der Waals surface area contributed by atoms with E-state index in [0.717, 1.165) is 25.7 Å². The fourth-order valence-corrected chi connectivity index (χ4v) is 4.18. The van der Waals surface area contributed by atoms with Crippen LogP contribution in [0.25, 0.3) is 16.7 Å². The topological polar surface area (TPSA) is 20.2 Å². The molecule has 1 unspecified atom stereocenters. The van der Waals surface area contributed by atoms with Crippen molar-refractivity contribution in [2.45, 2.75) is 38.5 Å². The van der Waals surface area contributed by atoms with Gasteiger partial charge in [0.05, 0.1) is 0 Å². The van der Waals surface area contributed by atoms with Gasteiger partial charge in [-0.3, -0.25) is 0 Å². The molecule has 1 atom stereocenters. The Morgan fingerprint density at radius 1 is 1.08 bits per heavy atom. The highest BCUT2D eigenvalue weighted by Gasteiger charge is 2.24. The Bertz CT molecular complexity index is 826. The SMILES string of the molecule is CCC(CCO)c1cc(C2=CC=CC2)c2c(c1)-c1ccccc1C2. The molecule has 2 aromatic rings. The Hall–Kier alpha value is -2.12. The normalized spacial score (nSPS) is 16.0. The predicted molar refractivity (Wildman–Crippen MR) is 101 cm³/mol. The number of hydrogen-bond acceptors (Lipinski definition) is 1. The molecule has 1 nitrogen and oxygen atoms in total. The third kappa shape index (κ3) is 2.53. The second-order valence-electron chi connectivity index (χ2n) is 6.87. The van der Waals surface area contributed by atoms with Crippen molar-refractivity contribution >= 4 is 5.57 Å². The highest BCUT2D eigenvalue weighted by Crippen LogP contribution is 2.43. The lowest BCUT2D eigenvalue weighted by atomic mass is 9.86. The number of allylic oxidation sites excluding steroid dienone is 4. The minimum absolute atomic E-state index is 0.256. The van der Waals surface area contributed by atoms with Crippen LogP contribution >= 0.6 is 0 Å². The third-order valence-corrected chi connectivity index (χ3v) is 5.51. The zero-order chi connectivity index (χ0) is 16.5. The molecule has 0 saturated heterocycles. The average molecular weight is 316 g/mol. The van der Waals surface area contributed by atoms with E-state index in [2.05, 4.69) is 61.5 Å². The fraction of sp³-hybridized carbons (Fsp3) is 0.304. The summed E-state index contributed by atoms with van der Waals surface area (Å²) in [6.45, 7) is 2.48. The summed E-state index contributed by atoms with van der Waals surface area (Å²) in [5.41, 5.74) is 9.94. The Labute approximate surface area is 144 Å². The van der Waals surface area contributed by atoms with Crippen LogP contribution in [0.5, 0.6) is 0 Å². The predicted octanol–water partition coefficient (Wildman–Crippen LogP) is 5.48. The Balaban J connectivity index is 1.88. The fourth-order valence-electron chi connectivity index (χ4n) is 4.18. The lowest BCUT2D eigenvalue weighted by Gasteiger charge is -2.19. The number of hydrogen-bond donors (Lipinski definition) is 1. The van der Waals surface area contributed by atoms with Crippen LogP contribution < -0.4 is 0 Å². The van der Waals surface area contributed by atoms with Crippen molar-refractivity contribution in [3.8, 4) is 11.1 Å². The minimum Gasteiger partial charge on any atom is -0.396 e. The van der Waals surface area contributed by atoms with Gasteiger partial charge in [0.2, 0.25) is 0 Å². The van der Waals surface area contributed by atoms with Gasteiger partial charge in [-0.25, -0.2) is 0 Å². The van der Waals surface area contributed by atoms with Crippen LogP contribution in [0, 0.1) is 0 Å². The quantitative estimate of drug-likeness (QED) is 0.661. The van der Waals surface area contributed by atoms with E-state index in [9.17, 15) is 5.11 Å². The molecule has 0 bridgehead atoms. The molecule has 0 fully saturated rings. The van der Waals surface area contributed by atoms with Gasteiger partial charge in [-0.1, -0.05) is 61.5 Å². The van der Waals surface area contributed by atoms with Crippen molar-refractivity contribution in [1.29, 1.82) is 0 Å². The summed E-state index contributed by atoms with van der Waals surface area (Å²) < 4.78 is 0. The molecular formula is C23H24O. The summed E-state index contributed by atoms with van der Waals surface area (Å²) in [5.74, 6) is 0.432. The van der Waals surface area contributed by atoms with Gasteiger partial charge in [-0.15, -0.1) is 0 Å². The van der Waals surface area contributed by atoms with Crippen LogP contribution in [0.1, 0.15) is 54.4 Å². The van der Waals surface area contributed by atoms with E-state index in [1.807, 2.05) is 0 Å². The standard InChI is InChI=1S/C23H24O/c1-2-16(11-12-24)19-14-21(17-7-3-4-8-17)23-13-18-9-5-6-10-20(18)22(23)15-19/h3-7,9-10,14-16,24H,2,8,11-13H2,1H3. The first-order valence-electron chi connectivity index (χ1n) is 9.03. The maximum Gasteiger partial charge on any atom is 0.0436 e. The molecule has 0 amide bonds. The van der Waals surface area contributed by atoms with Gasteiger partial charge in [-0.2, -0.15) is 0 Å².